The summed E-state index contributed by atoms with van der Waals surface area (Å²) < 4.78 is 8.70. The number of rotatable bonds is 1. The standard InChI is InChI=1S/C6H4ClNO2.HO3P/c7-5-3-1-2-4-6(5)8(9)10;1-4(2)3/h1-4H;(H-,1,2,3)/p+1. The molecule has 2 N–H and O–H groups in total. The Morgan fingerprint density at radius 2 is 1.79 bits per heavy atom. The quantitative estimate of drug-likeness (QED) is 0.442. The van der Waals surface area contributed by atoms with Gasteiger partial charge in [-0.25, -0.2) is 0 Å². The van der Waals surface area contributed by atoms with Crippen LogP contribution < -0.4 is 0 Å². The van der Waals surface area contributed by atoms with E-state index in [0.29, 0.717) is 0 Å². The lowest BCUT2D eigenvalue weighted by atomic mass is 10.3. The summed E-state index contributed by atoms with van der Waals surface area (Å²) in [5.41, 5.74) is -0.0517. The van der Waals surface area contributed by atoms with Crippen molar-refractivity contribution in [2.45, 2.75) is 0 Å². The van der Waals surface area contributed by atoms with Crippen molar-refractivity contribution < 1.29 is 19.3 Å². The first-order valence-electron chi connectivity index (χ1n) is 3.19. The van der Waals surface area contributed by atoms with Gasteiger partial charge in [0, 0.05) is 10.6 Å². The Labute approximate surface area is 84.9 Å². The fraction of sp³-hybridized carbons (Fsp3) is 0. The summed E-state index contributed by atoms with van der Waals surface area (Å²) >= 11 is 5.48. The highest BCUT2D eigenvalue weighted by Crippen LogP contribution is 2.21. The lowest BCUT2D eigenvalue weighted by Gasteiger charge is -1.90. The fourth-order valence-corrected chi connectivity index (χ4v) is 0.805. The molecule has 0 aliphatic carbocycles. The van der Waals surface area contributed by atoms with Crippen molar-refractivity contribution in [3.8, 4) is 0 Å². The molecule has 76 valence electrons. The molecule has 0 spiro atoms. The second-order valence-electron chi connectivity index (χ2n) is 1.96. The van der Waals surface area contributed by atoms with E-state index in [1.807, 2.05) is 0 Å². The topological polar surface area (TPSA) is 101 Å². The number of nitro benzene ring substituents is 1. The van der Waals surface area contributed by atoms with Crippen LogP contribution in [-0.4, -0.2) is 14.7 Å². The third-order valence-electron chi connectivity index (χ3n) is 1.05. The van der Waals surface area contributed by atoms with E-state index in [4.69, 9.17) is 26.0 Å². The van der Waals surface area contributed by atoms with E-state index < -0.39 is 13.2 Å². The Balaban J connectivity index is 0.000000364. The largest absolute Gasteiger partial charge is 0.692 e. The first-order chi connectivity index (χ1) is 6.45. The summed E-state index contributed by atoms with van der Waals surface area (Å²) in [6.07, 6.45) is 0. The normalized spacial score (nSPS) is 8.50. The van der Waals surface area contributed by atoms with Crippen molar-refractivity contribution in [2.24, 2.45) is 0 Å². The molecule has 0 bridgehead atoms. The van der Waals surface area contributed by atoms with E-state index in [1.165, 1.54) is 12.1 Å². The lowest BCUT2D eigenvalue weighted by Crippen LogP contribution is -1.87. The zero-order valence-electron chi connectivity index (χ0n) is 6.70. The number of hydrogen-bond acceptors (Lipinski definition) is 3. The van der Waals surface area contributed by atoms with Crippen molar-refractivity contribution in [3.63, 3.8) is 0 Å². The Morgan fingerprint density at radius 3 is 2.07 bits per heavy atom. The summed E-state index contributed by atoms with van der Waals surface area (Å²) in [6, 6.07) is 6.07. The van der Waals surface area contributed by atoms with Crippen molar-refractivity contribution in [3.05, 3.63) is 39.4 Å². The molecule has 0 atom stereocenters. The molecule has 0 unspecified atom stereocenters. The van der Waals surface area contributed by atoms with Gasteiger partial charge in [0.15, 0.2) is 0 Å². The summed E-state index contributed by atoms with van der Waals surface area (Å²) in [5, 5.41) is 10.3. The Hall–Kier alpha value is -1.07. The maximum Gasteiger partial charge on any atom is 0.692 e. The molecule has 8 heteroatoms. The van der Waals surface area contributed by atoms with Crippen LogP contribution in [0.2, 0.25) is 5.02 Å². The van der Waals surface area contributed by atoms with Crippen LogP contribution in [0.5, 0.6) is 0 Å². The predicted molar refractivity (Wildman–Crippen MR) is 50.2 cm³/mol. The van der Waals surface area contributed by atoms with Gasteiger partial charge in [-0.3, -0.25) is 10.1 Å². The van der Waals surface area contributed by atoms with Gasteiger partial charge in [-0.1, -0.05) is 23.7 Å². The van der Waals surface area contributed by atoms with Crippen LogP contribution in [0.1, 0.15) is 0 Å². The highest BCUT2D eigenvalue weighted by atomic mass is 35.5. The molecule has 1 aromatic carbocycles. The maximum absolute atomic E-state index is 10.1. The van der Waals surface area contributed by atoms with Crippen LogP contribution in [-0.2, 0) is 4.57 Å². The van der Waals surface area contributed by atoms with Crippen LogP contribution in [0, 0.1) is 10.1 Å². The Bertz CT molecular complexity index is 341. The molecule has 1 aromatic rings. The van der Waals surface area contributed by atoms with Gasteiger partial charge >= 0.3 is 8.25 Å². The minimum Gasteiger partial charge on any atom is -0.258 e. The van der Waals surface area contributed by atoms with Crippen LogP contribution in [0.3, 0.4) is 0 Å². The van der Waals surface area contributed by atoms with Crippen molar-refractivity contribution in [2.75, 3.05) is 0 Å². The molecule has 0 aromatic heterocycles. The van der Waals surface area contributed by atoms with Gasteiger partial charge in [0.05, 0.1) is 4.92 Å². The fourth-order valence-electron chi connectivity index (χ4n) is 0.600. The van der Waals surface area contributed by atoms with Crippen molar-refractivity contribution in [1.29, 1.82) is 0 Å². The molecule has 0 radical (unpaired) electrons. The number of nitro groups is 1. The van der Waals surface area contributed by atoms with Crippen LogP contribution >= 0.6 is 19.9 Å². The van der Waals surface area contributed by atoms with E-state index in [1.54, 1.807) is 12.1 Å². The number of hydrogen-bond donors (Lipinski definition) is 2. The van der Waals surface area contributed by atoms with E-state index in [9.17, 15) is 10.1 Å². The Kier molecular flexibility index (Phi) is 5.91. The van der Waals surface area contributed by atoms with Crippen LogP contribution in [0.4, 0.5) is 5.69 Å². The average Bonchev–Trinajstić information content (AvgIpc) is 2.03. The minimum absolute atomic E-state index is 0.0517. The van der Waals surface area contributed by atoms with E-state index in [-0.39, 0.29) is 10.7 Å². The maximum atomic E-state index is 10.1. The highest BCUT2D eigenvalue weighted by Gasteiger charge is 2.08. The summed E-state index contributed by atoms with van der Waals surface area (Å²) in [7, 11) is -2.87. The molecule has 6 nitrogen and oxygen atoms in total. The zero-order chi connectivity index (χ0) is 11.1. The average molecular weight is 239 g/mol. The smallest absolute Gasteiger partial charge is 0.258 e. The second-order valence-corrected chi connectivity index (χ2v) is 2.87. The van der Waals surface area contributed by atoms with Gasteiger partial charge in [-0.05, 0) is 6.07 Å². The first-order valence-corrected chi connectivity index (χ1v) is 4.73. The van der Waals surface area contributed by atoms with Gasteiger partial charge < -0.3 is 0 Å². The number of halogens is 1. The van der Waals surface area contributed by atoms with Gasteiger partial charge in [0.1, 0.15) is 5.02 Å². The zero-order valence-corrected chi connectivity index (χ0v) is 8.35. The monoisotopic (exact) mass is 238 g/mol. The molecule has 0 heterocycles. The molecule has 14 heavy (non-hydrogen) atoms. The second kappa shape index (κ2) is 6.39. The molecule has 0 fully saturated rings. The van der Waals surface area contributed by atoms with Gasteiger partial charge in [0.2, 0.25) is 0 Å². The SMILES string of the molecule is O=[N+]([O-])c1ccccc1Cl.O=[P+](O)O. The van der Waals surface area contributed by atoms with Crippen molar-refractivity contribution >= 4 is 25.5 Å². The number of para-hydroxylation sites is 1. The lowest BCUT2D eigenvalue weighted by molar-refractivity contribution is -0.384. The summed E-state index contributed by atoms with van der Waals surface area (Å²) in [5.74, 6) is 0. The molecule has 0 saturated heterocycles. The molecular formula is C6H6ClNO5P+. The molecule has 0 aliphatic rings. The number of nitrogens with zero attached hydrogens (tertiary/aromatic N) is 1. The molecule has 1 rings (SSSR count). The first kappa shape index (κ1) is 12.9. The summed E-state index contributed by atoms with van der Waals surface area (Å²) in [6.45, 7) is 0. The van der Waals surface area contributed by atoms with E-state index in [0.717, 1.165) is 0 Å². The van der Waals surface area contributed by atoms with Gasteiger partial charge in [0.25, 0.3) is 5.69 Å². The Morgan fingerprint density at radius 1 is 1.36 bits per heavy atom. The molecular weight excluding hydrogens is 232 g/mol. The number of benzene rings is 1. The van der Waals surface area contributed by atoms with E-state index in [2.05, 4.69) is 0 Å². The van der Waals surface area contributed by atoms with Crippen LogP contribution in [0.15, 0.2) is 24.3 Å². The highest BCUT2D eigenvalue weighted by molar-refractivity contribution is 7.30. The van der Waals surface area contributed by atoms with Crippen molar-refractivity contribution in [1.82, 2.24) is 0 Å². The molecule has 0 aliphatic heterocycles. The van der Waals surface area contributed by atoms with E-state index >= 15 is 0 Å². The summed E-state index contributed by atoms with van der Waals surface area (Å²) in [4.78, 5) is 23.9. The van der Waals surface area contributed by atoms with Gasteiger partial charge in [-0.2, -0.15) is 0 Å². The molecule has 0 saturated carbocycles. The minimum atomic E-state index is -2.87. The third kappa shape index (κ3) is 5.55. The van der Waals surface area contributed by atoms with Gasteiger partial charge in [-0.15, -0.1) is 9.79 Å². The molecule has 0 amide bonds. The van der Waals surface area contributed by atoms with Crippen LogP contribution in [0.25, 0.3) is 0 Å². The predicted octanol–water partition coefficient (Wildman–Crippen LogP) is 1.88. The third-order valence-corrected chi connectivity index (χ3v) is 1.37.